The van der Waals surface area contributed by atoms with Crippen LogP contribution in [0.5, 0.6) is 0 Å². The smallest absolute Gasteiger partial charge is 0.288 e. The summed E-state index contributed by atoms with van der Waals surface area (Å²) in [5.41, 5.74) is 2.82. The molecule has 4 heterocycles. The molecule has 8 nitrogen and oxygen atoms in total. The van der Waals surface area contributed by atoms with Gasteiger partial charge >= 0.3 is 0 Å². The van der Waals surface area contributed by atoms with Crippen molar-refractivity contribution in [2.24, 2.45) is 7.05 Å². The quantitative estimate of drug-likeness (QED) is 0.416. The standard InChI is InChI=1S/C20H14FN5O3/c1-24-10-16-15-6-14(26(28)29)8-23-19(15)25(13-4-2-12(21)3-5-13)9-11-7-22-18(17(11)16)20(24)27/h2-8,10,22H,9H2,1H3. The number of aryl methyl sites for hydroxylation is 1. The summed E-state index contributed by atoms with van der Waals surface area (Å²) in [5, 5.41) is 12.1. The Morgan fingerprint density at radius 3 is 2.72 bits per heavy atom. The zero-order valence-electron chi connectivity index (χ0n) is 15.2. The number of nitro groups is 1. The lowest BCUT2D eigenvalue weighted by atomic mass is 10.0. The molecule has 1 N–H and O–H groups in total. The summed E-state index contributed by atoms with van der Waals surface area (Å²) >= 11 is 0. The third-order valence-corrected chi connectivity index (χ3v) is 5.16. The summed E-state index contributed by atoms with van der Waals surface area (Å²) in [7, 11) is 1.63. The first-order chi connectivity index (χ1) is 13.9. The van der Waals surface area contributed by atoms with Crippen LogP contribution in [0.15, 0.2) is 53.7 Å². The lowest BCUT2D eigenvalue weighted by Crippen LogP contribution is -2.17. The van der Waals surface area contributed by atoms with Crippen molar-refractivity contribution in [3.8, 4) is 11.1 Å². The van der Waals surface area contributed by atoms with Crippen LogP contribution in [0.3, 0.4) is 0 Å². The van der Waals surface area contributed by atoms with Crippen LogP contribution >= 0.6 is 0 Å². The summed E-state index contributed by atoms with van der Waals surface area (Å²) in [5.74, 6) is 0.133. The molecular weight excluding hydrogens is 377 g/mol. The van der Waals surface area contributed by atoms with E-state index in [0.29, 0.717) is 40.1 Å². The topological polar surface area (TPSA) is 97.1 Å². The minimum absolute atomic E-state index is 0.149. The number of hydrogen-bond acceptors (Lipinski definition) is 5. The first-order valence-corrected chi connectivity index (χ1v) is 8.81. The van der Waals surface area contributed by atoms with Crippen molar-refractivity contribution in [2.45, 2.75) is 6.54 Å². The highest BCUT2D eigenvalue weighted by Gasteiger charge is 2.28. The van der Waals surface area contributed by atoms with E-state index in [1.54, 1.807) is 31.6 Å². The average Bonchev–Trinajstić information content (AvgIpc) is 3.08. The number of nitrogens with zero attached hydrogens (tertiary/aromatic N) is 4. The molecule has 144 valence electrons. The van der Waals surface area contributed by atoms with Crippen LogP contribution in [0.2, 0.25) is 0 Å². The lowest BCUT2D eigenvalue weighted by Gasteiger charge is -2.24. The molecule has 9 heteroatoms. The van der Waals surface area contributed by atoms with Crippen molar-refractivity contribution in [2.75, 3.05) is 4.90 Å². The molecule has 0 amide bonds. The zero-order chi connectivity index (χ0) is 20.3. The van der Waals surface area contributed by atoms with E-state index in [0.717, 1.165) is 5.56 Å². The van der Waals surface area contributed by atoms with E-state index in [-0.39, 0.29) is 17.1 Å². The van der Waals surface area contributed by atoms with Crippen molar-refractivity contribution in [1.82, 2.24) is 14.5 Å². The van der Waals surface area contributed by atoms with Gasteiger partial charge in [0.15, 0.2) is 0 Å². The van der Waals surface area contributed by atoms with Gasteiger partial charge in [-0.1, -0.05) is 0 Å². The number of pyridine rings is 2. The molecule has 3 aromatic heterocycles. The molecule has 4 aromatic rings. The van der Waals surface area contributed by atoms with Gasteiger partial charge in [0, 0.05) is 47.7 Å². The van der Waals surface area contributed by atoms with Gasteiger partial charge in [-0.05, 0) is 29.8 Å². The van der Waals surface area contributed by atoms with Crippen molar-refractivity contribution in [3.05, 3.63) is 80.8 Å². The minimum Gasteiger partial charge on any atom is -0.356 e. The van der Waals surface area contributed by atoms with Gasteiger partial charge in [-0.2, -0.15) is 0 Å². The summed E-state index contributed by atoms with van der Waals surface area (Å²) in [6.45, 7) is 0.365. The number of nitrogens with one attached hydrogen (secondary N) is 1. The van der Waals surface area contributed by atoms with Gasteiger partial charge in [0.2, 0.25) is 0 Å². The number of H-pyrrole nitrogens is 1. The molecule has 29 heavy (non-hydrogen) atoms. The number of rotatable bonds is 2. The Morgan fingerprint density at radius 1 is 1.24 bits per heavy atom. The molecule has 0 aliphatic carbocycles. The molecule has 0 fully saturated rings. The first kappa shape index (κ1) is 17.1. The van der Waals surface area contributed by atoms with Crippen LogP contribution in [0.25, 0.3) is 22.0 Å². The molecule has 0 saturated heterocycles. The number of anilines is 2. The molecule has 1 aromatic carbocycles. The summed E-state index contributed by atoms with van der Waals surface area (Å²) in [6, 6.07) is 7.41. The third-order valence-electron chi connectivity index (χ3n) is 5.16. The monoisotopic (exact) mass is 391 g/mol. The van der Waals surface area contributed by atoms with Gasteiger partial charge in [0.25, 0.3) is 11.2 Å². The van der Waals surface area contributed by atoms with E-state index in [9.17, 15) is 19.3 Å². The number of halogens is 1. The maximum Gasteiger partial charge on any atom is 0.288 e. The Labute approximate surface area is 163 Å². The highest BCUT2D eigenvalue weighted by molar-refractivity contribution is 6.01. The number of benzene rings is 1. The molecule has 1 aliphatic heterocycles. The van der Waals surface area contributed by atoms with E-state index >= 15 is 0 Å². The molecule has 0 saturated carbocycles. The van der Waals surface area contributed by atoms with Crippen LogP contribution in [-0.2, 0) is 13.6 Å². The normalized spacial score (nSPS) is 12.7. The lowest BCUT2D eigenvalue weighted by molar-refractivity contribution is -0.385. The minimum atomic E-state index is -0.502. The second-order valence-corrected chi connectivity index (χ2v) is 6.91. The SMILES string of the molecule is Cn1cc2c3c(c[nH]c3c1=O)CN(c1ccc(F)cc1)c1ncc([N+](=O)[O-])cc1-2. The van der Waals surface area contributed by atoms with Crippen LogP contribution in [0, 0.1) is 15.9 Å². The third kappa shape index (κ3) is 2.51. The fourth-order valence-corrected chi connectivity index (χ4v) is 3.80. The van der Waals surface area contributed by atoms with E-state index in [2.05, 4.69) is 9.97 Å². The largest absolute Gasteiger partial charge is 0.356 e. The fourth-order valence-electron chi connectivity index (χ4n) is 3.80. The number of aromatic amines is 1. The Kier molecular flexibility index (Phi) is 3.54. The number of aromatic nitrogens is 3. The van der Waals surface area contributed by atoms with Crippen molar-refractivity contribution >= 4 is 28.1 Å². The van der Waals surface area contributed by atoms with Crippen molar-refractivity contribution < 1.29 is 9.31 Å². The van der Waals surface area contributed by atoms with Gasteiger partial charge in [-0.15, -0.1) is 0 Å². The number of fused-ring (bicyclic) bond motifs is 2. The van der Waals surface area contributed by atoms with Gasteiger partial charge in [-0.25, -0.2) is 9.37 Å². The molecule has 0 spiro atoms. The Balaban J connectivity index is 1.87. The van der Waals surface area contributed by atoms with Gasteiger partial charge in [0.1, 0.15) is 23.3 Å². The first-order valence-electron chi connectivity index (χ1n) is 8.81. The van der Waals surface area contributed by atoms with Crippen LogP contribution in [-0.4, -0.2) is 19.5 Å². The zero-order valence-corrected chi connectivity index (χ0v) is 15.2. The Morgan fingerprint density at radius 2 is 2.00 bits per heavy atom. The second-order valence-electron chi connectivity index (χ2n) is 6.91. The van der Waals surface area contributed by atoms with Crippen molar-refractivity contribution in [3.63, 3.8) is 0 Å². The molecular formula is C20H14FN5O3. The molecule has 0 unspecified atom stereocenters. The van der Waals surface area contributed by atoms with Crippen LogP contribution in [0.1, 0.15) is 5.56 Å². The van der Waals surface area contributed by atoms with E-state index in [4.69, 9.17) is 0 Å². The summed E-state index contributed by atoms with van der Waals surface area (Å²) < 4.78 is 14.9. The molecule has 5 rings (SSSR count). The molecule has 0 radical (unpaired) electrons. The van der Waals surface area contributed by atoms with E-state index in [1.165, 1.54) is 29.0 Å². The second kappa shape index (κ2) is 5.99. The van der Waals surface area contributed by atoms with Gasteiger partial charge in [-0.3, -0.25) is 14.9 Å². The summed E-state index contributed by atoms with van der Waals surface area (Å²) in [4.78, 5) is 32.7. The van der Waals surface area contributed by atoms with Gasteiger partial charge in [0.05, 0.1) is 11.5 Å². The van der Waals surface area contributed by atoms with Crippen molar-refractivity contribution in [1.29, 1.82) is 0 Å². The fraction of sp³-hybridized carbons (Fsp3) is 0.100. The highest BCUT2D eigenvalue weighted by atomic mass is 19.1. The van der Waals surface area contributed by atoms with Gasteiger partial charge < -0.3 is 14.5 Å². The van der Waals surface area contributed by atoms with E-state index in [1.807, 2.05) is 4.90 Å². The van der Waals surface area contributed by atoms with Crippen LogP contribution in [0.4, 0.5) is 21.6 Å². The van der Waals surface area contributed by atoms with E-state index < -0.39 is 4.92 Å². The predicted molar refractivity (Wildman–Crippen MR) is 106 cm³/mol. The average molecular weight is 391 g/mol. The molecule has 1 aliphatic rings. The highest BCUT2D eigenvalue weighted by Crippen LogP contribution is 2.43. The Hall–Kier alpha value is -4.01. The summed E-state index contributed by atoms with van der Waals surface area (Å²) in [6.07, 6.45) is 4.63. The predicted octanol–water partition coefficient (Wildman–Crippen LogP) is 3.63. The maximum absolute atomic E-state index is 13.5. The number of hydrogen-bond donors (Lipinski definition) is 1. The molecule has 0 bridgehead atoms. The molecule has 0 atom stereocenters. The Bertz CT molecular complexity index is 1360. The van der Waals surface area contributed by atoms with Crippen LogP contribution < -0.4 is 10.5 Å². The maximum atomic E-state index is 13.5.